The molecule has 1 aromatic carbocycles. The number of amides is 1. The lowest BCUT2D eigenvalue weighted by Gasteiger charge is -2.31. The summed E-state index contributed by atoms with van der Waals surface area (Å²) < 4.78 is 1.81. The van der Waals surface area contributed by atoms with Crippen LogP contribution in [0.2, 0.25) is 0 Å². The van der Waals surface area contributed by atoms with E-state index in [-0.39, 0.29) is 6.04 Å². The van der Waals surface area contributed by atoms with Gasteiger partial charge in [0.05, 0.1) is 17.9 Å². The minimum Gasteiger partial charge on any atom is -0.401 e. The molecule has 166 valence electrons. The fourth-order valence-electron chi connectivity index (χ4n) is 4.40. The number of carbonyl (C=O) groups excluding carboxylic acids is 1. The first-order valence-corrected chi connectivity index (χ1v) is 10.8. The first kappa shape index (κ1) is 21.5. The van der Waals surface area contributed by atoms with E-state index in [0.717, 1.165) is 46.7 Å². The predicted octanol–water partition coefficient (Wildman–Crippen LogP) is 2.96. The third-order valence-electron chi connectivity index (χ3n) is 6.09. The molecule has 7 nitrogen and oxygen atoms in total. The molecule has 7 heteroatoms. The van der Waals surface area contributed by atoms with Crippen molar-refractivity contribution < 1.29 is 4.79 Å². The highest BCUT2D eigenvalue weighted by atomic mass is 16.1. The van der Waals surface area contributed by atoms with E-state index >= 15 is 0 Å². The van der Waals surface area contributed by atoms with E-state index in [1.165, 1.54) is 5.56 Å². The maximum absolute atomic E-state index is 11.6. The van der Waals surface area contributed by atoms with Gasteiger partial charge < -0.3 is 21.7 Å². The molecule has 0 fully saturated rings. The number of carbonyl (C=O) groups is 1. The standard InChI is InChI=1S/C25H30N6O/c1-16(26)24-21-10-8-18(19-14-29-30(2)15-19)13-22(21)23(11-12-28-24)31(3)20-6-4-5-17(7-9-20)25(27)32/h5-10,13-15,23,28H,4,11-12,26H2,1-3H3,(H2,27,32)/b24-16-. The molecule has 1 aliphatic heterocycles. The molecule has 0 spiro atoms. The fraction of sp³-hybridized carbons (Fsp3) is 0.280. The van der Waals surface area contributed by atoms with E-state index in [1.54, 1.807) is 6.08 Å². The molecular formula is C25H30N6O. The monoisotopic (exact) mass is 430 g/mol. The SMILES string of the molecule is C/C(N)=C1/NCCC(N(C)C2=CCC=C(C(N)=O)C=C2)c2cc(-c3cnn(C)c3)ccc21. The molecule has 32 heavy (non-hydrogen) atoms. The molecule has 1 atom stereocenters. The number of nitrogens with two attached hydrogens (primary N) is 2. The highest BCUT2D eigenvalue weighted by Crippen LogP contribution is 2.37. The zero-order chi connectivity index (χ0) is 22.8. The van der Waals surface area contributed by atoms with Gasteiger partial charge in [-0.3, -0.25) is 9.48 Å². The molecule has 1 amide bonds. The van der Waals surface area contributed by atoms with Crippen LogP contribution in [-0.2, 0) is 11.8 Å². The lowest BCUT2D eigenvalue weighted by molar-refractivity contribution is -0.114. The minimum absolute atomic E-state index is 0.122. The zero-order valence-corrected chi connectivity index (χ0v) is 18.8. The average Bonchev–Trinajstić information content (AvgIpc) is 2.97. The van der Waals surface area contributed by atoms with Gasteiger partial charge in [-0.15, -0.1) is 0 Å². The predicted molar refractivity (Wildman–Crippen MR) is 128 cm³/mol. The Labute approximate surface area is 188 Å². The summed E-state index contributed by atoms with van der Waals surface area (Å²) >= 11 is 0. The molecule has 0 saturated heterocycles. The van der Waals surface area contributed by atoms with Gasteiger partial charge in [-0.2, -0.15) is 5.10 Å². The number of aryl methyl sites for hydroxylation is 1. The fourth-order valence-corrected chi connectivity index (χ4v) is 4.40. The summed E-state index contributed by atoms with van der Waals surface area (Å²) in [6.07, 6.45) is 13.2. The van der Waals surface area contributed by atoms with Crippen LogP contribution < -0.4 is 16.8 Å². The van der Waals surface area contributed by atoms with Crippen LogP contribution in [0.25, 0.3) is 16.8 Å². The van der Waals surface area contributed by atoms with Crippen molar-refractivity contribution in [3.8, 4) is 11.1 Å². The topological polar surface area (TPSA) is 102 Å². The summed E-state index contributed by atoms with van der Waals surface area (Å²) in [7, 11) is 4.02. The van der Waals surface area contributed by atoms with Gasteiger partial charge in [0.2, 0.25) is 5.91 Å². The van der Waals surface area contributed by atoms with E-state index < -0.39 is 5.91 Å². The van der Waals surface area contributed by atoms with Gasteiger partial charge >= 0.3 is 0 Å². The number of rotatable bonds is 4. The molecule has 2 aromatic rings. The number of allylic oxidation sites excluding steroid dienone is 4. The summed E-state index contributed by atoms with van der Waals surface area (Å²) in [6, 6.07) is 6.64. The maximum Gasteiger partial charge on any atom is 0.248 e. The Morgan fingerprint density at radius 1 is 1.22 bits per heavy atom. The van der Waals surface area contributed by atoms with Crippen molar-refractivity contribution in [1.29, 1.82) is 0 Å². The molecule has 4 rings (SSSR count). The third kappa shape index (κ3) is 4.19. The number of aromatic nitrogens is 2. The number of fused-ring (bicyclic) bond motifs is 1. The quantitative estimate of drug-likeness (QED) is 0.692. The van der Waals surface area contributed by atoms with Crippen LogP contribution in [-0.4, -0.2) is 34.2 Å². The van der Waals surface area contributed by atoms with Gasteiger partial charge in [0.1, 0.15) is 0 Å². The highest BCUT2D eigenvalue weighted by molar-refractivity contribution is 5.95. The molecule has 0 bridgehead atoms. The molecule has 1 aliphatic carbocycles. The number of nitrogens with one attached hydrogen (secondary N) is 1. The molecular weight excluding hydrogens is 400 g/mol. The van der Waals surface area contributed by atoms with Crippen LogP contribution in [0, 0.1) is 0 Å². The normalized spacial score (nSPS) is 19.7. The van der Waals surface area contributed by atoms with E-state index in [9.17, 15) is 4.79 Å². The number of likely N-dealkylation sites (N-methyl/N-ethyl adjacent to an activating group) is 1. The second-order valence-corrected chi connectivity index (χ2v) is 8.33. The van der Waals surface area contributed by atoms with Crippen LogP contribution in [0.3, 0.4) is 0 Å². The van der Waals surface area contributed by atoms with Crippen LogP contribution in [0.15, 0.2) is 71.9 Å². The Kier molecular flexibility index (Phi) is 5.90. The van der Waals surface area contributed by atoms with Crippen molar-refractivity contribution in [3.63, 3.8) is 0 Å². The largest absolute Gasteiger partial charge is 0.401 e. The van der Waals surface area contributed by atoms with Crippen molar-refractivity contribution in [2.45, 2.75) is 25.8 Å². The van der Waals surface area contributed by atoms with Crippen molar-refractivity contribution in [2.75, 3.05) is 13.6 Å². The number of hydrogen-bond donors (Lipinski definition) is 3. The van der Waals surface area contributed by atoms with Gasteiger partial charge in [-0.05, 0) is 49.1 Å². The first-order chi connectivity index (χ1) is 15.3. The Morgan fingerprint density at radius 2 is 2.03 bits per heavy atom. The molecule has 2 aliphatic rings. The Hall–Kier alpha value is -3.74. The van der Waals surface area contributed by atoms with Crippen LogP contribution in [0.5, 0.6) is 0 Å². The van der Waals surface area contributed by atoms with Crippen molar-refractivity contribution in [2.24, 2.45) is 18.5 Å². The van der Waals surface area contributed by atoms with Crippen molar-refractivity contribution in [3.05, 3.63) is 83.0 Å². The molecule has 0 saturated carbocycles. The highest BCUT2D eigenvalue weighted by Gasteiger charge is 2.26. The second-order valence-electron chi connectivity index (χ2n) is 8.33. The third-order valence-corrected chi connectivity index (χ3v) is 6.09. The summed E-state index contributed by atoms with van der Waals surface area (Å²) in [5.41, 5.74) is 19.6. The summed E-state index contributed by atoms with van der Waals surface area (Å²) in [4.78, 5) is 13.9. The summed E-state index contributed by atoms with van der Waals surface area (Å²) in [5, 5.41) is 7.85. The van der Waals surface area contributed by atoms with E-state index in [1.807, 2.05) is 43.2 Å². The van der Waals surface area contributed by atoms with Gasteiger partial charge in [0.15, 0.2) is 0 Å². The first-order valence-electron chi connectivity index (χ1n) is 10.8. The number of primary amides is 1. The Bertz CT molecular complexity index is 1160. The van der Waals surface area contributed by atoms with Gasteiger partial charge in [0.25, 0.3) is 0 Å². The smallest absolute Gasteiger partial charge is 0.248 e. The minimum atomic E-state index is -0.406. The van der Waals surface area contributed by atoms with E-state index in [2.05, 4.69) is 46.6 Å². The van der Waals surface area contributed by atoms with Gasteiger partial charge in [-0.1, -0.05) is 24.3 Å². The number of hydrogen-bond acceptors (Lipinski definition) is 5. The molecule has 1 aromatic heterocycles. The van der Waals surface area contributed by atoms with Crippen molar-refractivity contribution >= 4 is 11.6 Å². The van der Waals surface area contributed by atoms with Crippen molar-refractivity contribution in [1.82, 2.24) is 20.0 Å². The molecule has 2 heterocycles. The molecule has 0 radical (unpaired) electrons. The Morgan fingerprint density at radius 3 is 2.72 bits per heavy atom. The molecule has 1 unspecified atom stereocenters. The van der Waals surface area contributed by atoms with Crippen LogP contribution >= 0.6 is 0 Å². The van der Waals surface area contributed by atoms with Crippen LogP contribution in [0.1, 0.15) is 36.9 Å². The van der Waals surface area contributed by atoms with E-state index in [0.29, 0.717) is 12.0 Å². The second kappa shape index (κ2) is 8.78. The van der Waals surface area contributed by atoms with Crippen LogP contribution in [0.4, 0.5) is 0 Å². The number of benzene rings is 1. The zero-order valence-electron chi connectivity index (χ0n) is 18.8. The lowest BCUT2D eigenvalue weighted by Crippen LogP contribution is -2.25. The van der Waals surface area contributed by atoms with E-state index in [4.69, 9.17) is 11.5 Å². The lowest BCUT2D eigenvalue weighted by atomic mass is 9.92. The van der Waals surface area contributed by atoms with Gasteiger partial charge in [0, 0.05) is 54.9 Å². The Balaban J connectivity index is 1.77. The number of nitrogens with zero attached hydrogens (tertiary/aromatic N) is 3. The summed E-state index contributed by atoms with van der Waals surface area (Å²) in [5.74, 6) is -0.406. The maximum atomic E-state index is 11.6. The summed E-state index contributed by atoms with van der Waals surface area (Å²) in [6.45, 7) is 2.73. The average molecular weight is 431 g/mol. The molecule has 5 N–H and O–H groups in total. The van der Waals surface area contributed by atoms with Gasteiger partial charge in [-0.25, -0.2) is 0 Å².